The topological polar surface area (TPSA) is 54.0 Å². The third-order valence-electron chi connectivity index (χ3n) is 3.46. The maximum atomic E-state index is 10.6. The van der Waals surface area contributed by atoms with E-state index in [0.29, 0.717) is 26.4 Å². The zero-order valence-corrected chi connectivity index (χ0v) is 16.9. The highest BCUT2D eigenvalue weighted by molar-refractivity contribution is 5.72. The number of likely N-dealkylation sites (N-methyl/N-ethyl adjacent to an activating group) is 1. The van der Waals surface area contributed by atoms with E-state index in [1.54, 1.807) is 0 Å². The van der Waals surface area contributed by atoms with Crippen LogP contribution in [0.4, 0.5) is 0 Å². The van der Waals surface area contributed by atoms with Gasteiger partial charge in [0.2, 0.25) is 5.91 Å². The van der Waals surface area contributed by atoms with Crippen LogP contribution in [0.2, 0.25) is 0 Å². The number of nitrogens with one attached hydrogen (secondary N) is 1. The van der Waals surface area contributed by atoms with E-state index in [0.717, 1.165) is 32.8 Å². The third-order valence-corrected chi connectivity index (χ3v) is 3.46. The van der Waals surface area contributed by atoms with Gasteiger partial charge in [-0.1, -0.05) is 34.6 Å². The summed E-state index contributed by atoms with van der Waals surface area (Å²) in [6, 6.07) is 0. The van der Waals surface area contributed by atoms with Gasteiger partial charge < -0.3 is 19.7 Å². The van der Waals surface area contributed by atoms with Crippen LogP contribution in [0.25, 0.3) is 0 Å². The summed E-state index contributed by atoms with van der Waals surface area (Å²) in [6.45, 7) is 21.6. The lowest BCUT2D eigenvalue weighted by Crippen LogP contribution is -2.47. The number of hydrogen-bond donors (Lipinski definition) is 1. The maximum absolute atomic E-state index is 10.6. The molecular weight excluding hydrogens is 306 g/mol. The Hall–Kier alpha value is -0.690. The average molecular weight is 348 g/mol. The predicted molar refractivity (Wildman–Crippen MR) is 102 cm³/mol. The van der Waals surface area contributed by atoms with Crippen LogP contribution in [-0.2, 0) is 14.3 Å². The first-order valence-corrected chi connectivity index (χ1v) is 9.57. The summed E-state index contributed by atoms with van der Waals surface area (Å²) in [6.07, 6.45) is 0. The second-order valence-electron chi connectivity index (χ2n) is 4.98. The molecule has 0 aliphatic carbocycles. The second-order valence-corrected chi connectivity index (χ2v) is 4.98. The summed E-state index contributed by atoms with van der Waals surface area (Å²) in [4.78, 5) is 15.5. The molecule has 1 saturated heterocycles. The van der Waals surface area contributed by atoms with E-state index < -0.39 is 0 Å². The molecule has 1 rings (SSSR count). The quantitative estimate of drug-likeness (QED) is 0.611. The normalized spacial score (nSPS) is 14.9. The van der Waals surface area contributed by atoms with Crippen molar-refractivity contribution >= 4 is 5.91 Å². The molecule has 1 aliphatic rings. The molecule has 0 aromatic heterocycles. The zero-order valence-electron chi connectivity index (χ0n) is 16.9. The molecule has 1 amide bonds. The molecule has 0 bridgehead atoms. The number of piperazine rings is 1. The van der Waals surface area contributed by atoms with E-state index in [1.807, 2.05) is 27.7 Å². The molecule has 0 aromatic rings. The summed E-state index contributed by atoms with van der Waals surface area (Å²) in [5.41, 5.74) is 0. The molecular formula is C18H41N3O3. The average Bonchev–Trinajstić information content (AvgIpc) is 2.64. The Kier molecular flexibility index (Phi) is 21.7. The van der Waals surface area contributed by atoms with Crippen LogP contribution in [0.5, 0.6) is 0 Å². The molecule has 0 aromatic carbocycles. The molecule has 1 N–H and O–H groups in total. The number of nitrogens with zero attached hydrogens (tertiary/aromatic N) is 2. The van der Waals surface area contributed by atoms with Crippen LogP contribution in [0.15, 0.2) is 0 Å². The highest BCUT2D eigenvalue weighted by Gasteiger charge is 2.14. The number of ether oxygens (including phenoxy) is 2. The number of rotatable bonds is 10. The summed E-state index contributed by atoms with van der Waals surface area (Å²) >= 11 is 0. The van der Waals surface area contributed by atoms with Gasteiger partial charge >= 0.3 is 0 Å². The van der Waals surface area contributed by atoms with Crippen LogP contribution in [-0.4, -0.2) is 87.9 Å². The van der Waals surface area contributed by atoms with E-state index >= 15 is 0 Å². The van der Waals surface area contributed by atoms with E-state index in [-0.39, 0.29) is 5.91 Å². The molecule has 0 spiro atoms. The fourth-order valence-corrected chi connectivity index (χ4v) is 2.14. The first-order chi connectivity index (χ1) is 11.7. The van der Waals surface area contributed by atoms with Crippen molar-refractivity contribution in [3.8, 4) is 0 Å². The maximum Gasteiger partial charge on any atom is 0.216 e. The van der Waals surface area contributed by atoms with Crippen LogP contribution in [0, 0.1) is 0 Å². The molecule has 1 aliphatic heterocycles. The van der Waals surface area contributed by atoms with Crippen molar-refractivity contribution < 1.29 is 14.3 Å². The first kappa shape index (κ1) is 25.5. The van der Waals surface area contributed by atoms with E-state index in [1.165, 1.54) is 20.0 Å². The van der Waals surface area contributed by atoms with Crippen LogP contribution >= 0.6 is 0 Å². The largest absolute Gasteiger partial charge is 0.378 e. The lowest BCUT2D eigenvalue weighted by molar-refractivity contribution is -0.119. The number of hydrogen-bond acceptors (Lipinski definition) is 5. The third kappa shape index (κ3) is 16.2. The fraction of sp³-hybridized carbons (Fsp3) is 0.944. The van der Waals surface area contributed by atoms with Gasteiger partial charge in [0.25, 0.3) is 0 Å². The van der Waals surface area contributed by atoms with Gasteiger partial charge in [-0.2, -0.15) is 0 Å². The Morgan fingerprint density at radius 1 is 0.875 bits per heavy atom. The Bertz CT molecular complexity index is 258. The number of amides is 1. The Morgan fingerprint density at radius 2 is 1.38 bits per heavy atom. The highest BCUT2D eigenvalue weighted by Crippen LogP contribution is 2.00. The van der Waals surface area contributed by atoms with Gasteiger partial charge in [0.15, 0.2) is 0 Å². The summed E-state index contributed by atoms with van der Waals surface area (Å²) in [5.74, 6) is -0.0204. The molecule has 24 heavy (non-hydrogen) atoms. The van der Waals surface area contributed by atoms with Gasteiger partial charge in [0.1, 0.15) is 0 Å². The fourth-order valence-electron chi connectivity index (χ4n) is 2.14. The molecule has 6 heteroatoms. The van der Waals surface area contributed by atoms with Crippen LogP contribution < -0.4 is 5.32 Å². The molecule has 1 fully saturated rings. The minimum absolute atomic E-state index is 0.0204. The Labute approximate surface area is 149 Å². The number of carbonyl (C=O) groups is 1. The minimum atomic E-state index is -0.0204. The smallest absolute Gasteiger partial charge is 0.216 e. The highest BCUT2D eigenvalue weighted by atomic mass is 16.5. The van der Waals surface area contributed by atoms with Crippen molar-refractivity contribution in [3.63, 3.8) is 0 Å². The standard InChI is InChI=1S/C14H29N3O3.2C2H6/c1-3-16-5-7-17(8-6-16)9-11-20-13-12-19-10-4-15-14(2)18;2*1-2/h3-13H2,1-2H3,(H,15,18);2*1-2H3. The van der Waals surface area contributed by atoms with E-state index in [2.05, 4.69) is 22.0 Å². The van der Waals surface area contributed by atoms with Crippen LogP contribution in [0.1, 0.15) is 41.5 Å². The van der Waals surface area contributed by atoms with E-state index in [4.69, 9.17) is 9.47 Å². The van der Waals surface area contributed by atoms with Crippen molar-refractivity contribution in [2.24, 2.45) is 0 Å². The van der Waals surface area contributed by atoms with Crippen molar-refractivity contribution in [1.82, 2.24) is 15.1 Å². The molecule has 0 unspecified atom stereocenters. The molecule has 146 valence electrons. The van der Waals surface area contributed by atoms with Gasteiger partial charge in [-0.25, -0.2) is 0 Å². The second kappa shape index (κ2) is 20.4. The van der Waals surface area contributed by atoms with E-state index in [9.17, 15) is 4.79 Å². The molecule has 6 nitrogen and oxygen atoms in total. The van der Waals surface area contributed by atoms with Gasteiger partial charge in [0, 0.05) is 46.2 Å². The van der Waals surface area contributed by atoms with Crippen LogP contribution in [0.3, 0.4) is 0 Å². The lowest BCUT2D eigenvalue weighted by Gasteiger charge is -2.33. The summed E-state index contributed by atoms with van der Waals surface area (Å²) in [5, 5.41) is 2.68. The molecule has 0 saturated carbocycles. The minimum Gasteiger partial charge on any atom is -0.378 e. The van der Waals surface area contributed by atoms with Crippen molar-refractivity contribution in [3.05, 3.63) is 0 Å². The zero-order chi connectivity index (χ0) is 18.6. The Morgan fingerprint density at radius 3 is 1.88 bits per heavy atom. The molecule has 0 atom stereocenters. The monoisotopic (exact) mass is 347 g/mol. The van der Waals surface area contributed by atoms with Crippen molar-refractivity contribution in [1.29, 1.82) is 0 Å². The first-order valence-electron chi connectivity index (χ1n) is 9.57. The van der Waals surface area contributed by atoms with Crippen molar-refractivity contribution in [2.75, 3.05) is 72.2 Å². The molecule has 1 heterocycles. The van der Waals surface area contributed by atoms with Gasteiger partial charge in [-0.3, -0.25) is 9.69 Å². The van der Waals surface area contributed by atoms with Gasteiger partial charge in [-0.15, -0.1) is 0 Å². The summed E-state index contributed by atoms with van der Waals surface area (Å²) < 4.78 is 10.9. The molecule has 0 radical (unpaired) electrons. The van der Waals surface area contributed by atoms with Crippen molar-refractivity contribution in [2.45, 2.75) is 41.5 Å². The van der Waals surface area contributed by atoms with Gasteiger partial charge in [-0.05, 0) is 6.54 Å². The Balaban J connectivity index is 0. The SMILES string of the molecule is CC.CC.CCN1CCN(CCOCCOCCNC(C)=O)CC1. The summed E-state index contributed by atoms with van der Waals surface area (Å²) in [7, 11) is 0. The van der Waals surface area contributed by atoms with Gasteiger partial charge in [0.05, 0.1) is 26.4 Å². The lowest BCUT2D eigenvalue weighted by atomic mass is 10.3. The predicted octanol–water partition coefficient (Wildman–Crippen LogP) is 1.85. The number of carbonyl (C=O) groups excluding carboxylic acids is 1.